The molecular formula is C12H14ClN5O. The number of aromatic nitrogens is 3. The second-order valence-electron chi connectivity index (χ2n) is 3.96. The van der Waals surface area contributed by atoms with Crippen LogP contribution < -0.4 is 10.6 Å². The lowest BCUT2D eigenvalue weighted by molar-refractivity contribution is 0.0950. The van der Waals surface area contributed by atoms with E-state index in [1.165, 1.54) is 0 Å². The van der Waals surface area contributed by atoms with Crippen molar-refractivity contribution in [1.29, 1.82) is 0 Å². The Bertz CT molecular complexity index is 596. The Hall–Kier alpha value is -2.08. The Morgan fingerprint density at radius 3 is 2.89 bits per heavy atom. The molecule has 0 aliphatic carbocycles. The Morgan fingerprint density at radius 1 is 1.47 bits per heavy atom. The number of carbonyl (C=O) groups is 1. The lowest BCUT2D eigenvalue weighted by Crippen LogP contribution is -2.24. The molecule has 0 aliphatic heterocycles. The van der Waals surface area contributed by atoms with E-state index in [9.17, 15) is 4.79 Å². The largest absolute Gasteiger partial charge is 0.387 e. The summed E-state index contributed by atoms with van der Waals surface area (Å²) in [5.41, 5.74) is 1.21. The molecule has 0 saturated heterocycles. The molecule has 0 unspecified atom stereocenters. The van der Waals surface area contributed by atoms with E-state index in [1.54, 1.807) is 43.3 Å². The van der Waals surface area contributed by atoms with Gasteiger partial charge in [0.1, 0.15) is 6.33 Å². The fourth-order valence-corrected chi connectivity index (χ4v) is 1.81. The molecule has 1 amide bonds. The van der Waals surface area contributed by atoms with Crippen molar-refractivity contribution in [2.45, 2.75) is 6.54 Å². The molecule has 0 fully saturated rings. The summed E-state index contributed by atoms with van der Waals surface area (Å²) in [5, 5.41) is 10.3. The van der Waals surface area contributed by atoms with E-state index in [0.717, 1.165) is 5.69 Å². The summed E-state index contributed by atoms with van der Waals surface area (Å²) in [6, 6.07) is 5.11. The van der Waals surface area contributed by atoms with E-state index >= 15 is 0 Å². The monoisotopic (exact) mass is 279 g/mol. The Balaban J connectivity index is 2.09. The molecule has 0 saturated carbocycles. The lowest BCUT2D eigenvalue weighted by Gasteiger charge is -2.09. The number of nitrogens with one attached hydrogen (secondary N) is 2. The number of anilines is 1. The normalized spacial score (nSPS) is 10.3. The summed E-state index contributed by atoms with van der Waals surface area (Å²) in [4.78, 5) is 16.1. The van der Waals surface area contributed by atoms with Crippen LogP contribution in [0, 0.1) is 0 Å². The van der Waals surface area contributed by atoms with Gasteiger partial charge < -0.3 is 10.6 Å². The van der Waals surface area contributed by atoms with Crippen molar-refractivity contribution in [3.63, 3.8) is 0 Å². The molecule has 100 valence electrons. The highest BCUT2D eigenvalue weighted by Gasteiger charge is 2.12. The number of hydrogen-bond donors (Lipinski definition) is 2. The Labute approximate surface area is 115 Å². The first-order valence-electron chi connectivity index (χ1n) is 5.70. The minimum absolute atomic E-state index is 0.223. The third kappa shape index (κ3) is 3.23. The van der Waals surface area contributed by atoms with Gasteiger partial charge in [-0.3, -0.25) is 9.48 Å². The molecular weight excluding hydrogens is 266 g/mol. The van der Waals surface area contributed by atoms with Gasteiger partial charge in [-0.25, -0.2) is 4.98 Å². The summed E-state index contributed by atoms with van der Waals surface area (Å²) < 4.78 is 1.58. The summed E-state index contributed by atoms with van der Waals surface area (Å²) in [5.74, 6) is 0.336. The molecule has 6 nitrogen and oxygen atoms in total. The third-order valence-electron chi connectivity index (χ3n) is 2.55. The van der Waals surface area contributed by atoms with Crippen molar-refractivity contribution in [3.05, 3.63) is 40.9 Å². The first kappa shape index (κ1) is 13.4. The third-order valence-corrected chi connectivity index (χ3v) is 2.78. The predicted octanol–water partition coefficient (Wildman–Crippen LogP) is 1.44. The summed E-state index contributed by atoms with van der Waals surface area (Å²) >= 11 is 5.90. The average molecular weight is 280 g/mol. The first-order chi connectivity index (χ1) is 9.10. The van der Waals surface area contributed by atoms with Gasteiger partial charge in [0.25, 0.3) is 5.91 Å². The SMILES string of the molecule is CNc1ccc(Cl)cc1C(=O)NCc1ncn(C)n1. The van der Waals surface area contributed by atoms with Crippen LogP contribution in [-0.2, 0) is 13.6 Å². The molecule has 2 rings (SSSR count). The molecule has 0 spiro atoms. The zero-order valence-electron chi connectivity index (χ0n) is 10.6. The number of benzene rings is 1. The van der Waals surface area contributed by atoms with Crippen molar-refractivity contribution in [2.24, 2.45) is 7.05 Å². The smallest absolute Gasteiger partial charge is 0.253 e. The maximum absolute atomic E-state index is 12.1. The molecule has 19 heavy (non-hydrogen) atoms. The summed E-state index contributed by atoms with van der Waals surface area (Å²) in [6.07, 6.45) is 1.58. The molecule has 1 heterocycles. The number of carbonyl (C=O) groups excluding carboxylic acids is 1. The maximum Gasteiger partial charge on any atom is 0.253 e. The van der Waals surface area contributed by atoms with Crippen LogP contribution in [0.25, 0.3) is 0 Å². The molecule has 2 N–H and O–H groups in total. The van der Waals surface area contributed by atoms with E-state index in [1.807, 2.05) is 0 Å². The number of halogens is 1. The summed E-state index contributed by atoms with van der Waals surface area (Å²) in [6.45, 7) is 0.273. The molecule has 1 aromatic carbocycles. The van der Waals surface area contributed by atoms with Crippen molar-refractivity contribution < 1.29 is 4.79 Å². The Kier molecular flexibility index (Phi) is 4.01. The van der Waals surface area contributed by atoms with Crippen LogP contribution in [0.2, 0.25) is 5.02 Å². The number of aryl methyl sites for hydroxylation is 1. The topological polar surface area (TPSA) is 71.8 Å². The van der Waals surface area contributed by atoms with Crippen molar-refractivity contribution in [3.8, 4) is 0 Å². The van der Waals surface area contributed by atoms with E-state index in [4.69, 9.17) is 11.6 Å². The van der Waals surface area contributed by atoms with E-state index in [0.29, 0.717) is 16.4 Å². The van der Waals surface area contributed by atoms with Crippen LogP contribution in [0.1, 0.15) is 16.2 Å². The van der Waals surface area contributed by atoms with Crippen LogP contribution in [0.15, 0.2) is 24.5 Å². The number of hydrogen-bond acceptors (Lipinski definition) is 4. The van der Waals surface area contributed by atoms with E-state index < -0.39 is 0 Å². The van der Waals surface area contributed by atoms with Crippen molar-refractivity contribution in [2.75, 3.05) is 12.4 Å². The molecule has 0 atom stereocenters. The fourth-order valence-electron chi connectivity index (χ4n) is 1.64. The zero-order valence-corrected chi connectivity index (χ0v) is 11.4. The quantitative estimate of drug-likeness (QED) is 0.888. The minimum Gasteiger partial charge on any atom is -0.387 e. The van der Waals surface area contributed by atoms with Crippen LogP contribution >= 0.6 is 11.6 Å². The summed E-state index contributed by atoms with van der Waals surface area (Å²) in [7, 11) is 3.52. The van der Waals surface area contributed by atoms with Gasteiger partial charge in [-0.2, -0.15) is 5.10 Å². The fraction of sp³-hybridized carbons (Fsp3) is 0.250. The average Bonchev–Trinajstić information content (AvgIpc) is 2.81. The van der Waals surface area contributed by atoms with Gasteiger partial charge in [0.15, 0.2) is 5.82 Å². The molecule has 2 aromatic rings. The van der Waals surface area contributed by atoms with E-state index in [-0.39, 0.29) is 12.5 Å². The second kappa shape index (κ2) is 5.71. The van der Waals surface area contributed by atoms with Gasteiger partial charge in [0.2, 0.25) is 0 Å². The number of rotatable bonds is 4. The van der Waals surface area contributed by atoms with Crippen LogP contribution in [0.3, 0.4) is 0 Å². The van der Waals surface area contributed by atoms with Crippen LogP contribution in [0.4, 0.5) is 5.69 Å². The van der Waals surface area contributed by atoms with Crippen LogP contribution in [-0.4, -0.2) is 27.7 Å². The Morgan fingerprint density at radius 2 is 2.26 bits per heavy atom. The highest BCUT2D eigenvalue weighted by atomic mass is 35.5. The highest BCUT2D eigenvalue weighted by Crippen LogP contribution is 2.20. The predicted molar refractivity (Wildman–Crippen MR) is 73.2 cm³/mol. The zero-order chi connectivity index (χ0) is 13.8. The first-order valence-corrected chi connectivity index (χ1v) is 6.08. The highest BCUT2D eigenvalue weighted by molar-refractivity contribution is 6.31. The van der Waals surface area contributed by atoms with Gasteiger partial charge in [-0.15, -0.1) is 0 Å². The number of amides is 1. The molecule has 0 radical (unpaired) electrons. The maximum atomic E-state index is 12.1. The standard InChI is InChI=1S/C12H14ClN5O/c1-14-10-4-3-8(13)5-9(10)12(19)15-6-11-16-7-18(2)17-11/h3-5,7,14H,6H2,1-2H3,(H,15,19). The van der Waals surface area contributed by atoms with Crippen molar-refractivity contribution in [1.82, 2.24) is 20.1 Å². The molecule has 1 aromatic heterocycles. The second-order valence-corrected chi connectivity index (χ2v) is 4.39. The van der Waals surface area contributed by atoms with Gasteiger partial charge in [-0.05, 0) is 18.2 Å². The number of nitrogens with zero attached hydrogens (tertiary/aromatic N) is 3. The van der Waals surface area contributed by atoms with Crippen LogP contribution in [0.5, 0.6) is 0 Å². The van der Waals surface area contributed by atoms with Gasteiger partial charge in [0.05, 0.1) is 12.1 Å². The molecule has 7 heteroatoms. The van der Waals surface area contributed by atoms with E-state index in [2.05, 4.69) is 20.7 Å². The minimum atomic E-state index is -0.223. The van der Waals surface area contributed by atoms with Gasteiger partial charge in [-0.1, -0.05) is 11.6 Å². The molecule has 0 bridgehead atoms. The molecule has 0 aliphatic rings. The van der Waals surface area contributed by atoms with Gasteiger partial charge in [0, 0.05) is 24.8 Å². The van der Waals surface area contributed by atoms with Crippen molar-refractivity contribution >= 4 is 23.2 Å². The lowest BCUT2D eigenvalue weighted by atomic mass is 10.1. The van der Waals surface area contributed by atoms with Gasteiger partial charge >= 0.3 is 0 Å².